The van der Waals surface area contributed by atoms with Gasteiger partial charge in [-0.3, -0.25) is 24.0 Å². The molecule has 1 unspecified atom stereocenters. The number of aliphatic imine (C=N–C) groups is 1. The van der Waals surface area contributed by atoms with Crippen LogP contribution in [0.15, 0.2) is 64.8 Å². The van der Waals surface area contributed by atoms with Crippen LogP contribution in [0.1, 0.15) is 31.9 Å². The summed E-state index contributed by atoms with van der Waals surface area (Å²) in [6.45, 7) is 6.10. The summed E-state index contributed by atoms with van der Waals surface area (Å²) >= 11 is 0. The van der Waals surface area contributed by atoms with Gasteiger partial charge in [0.15, 0.2) is 0 Å². The summed E-state index contributed by atoms with van der Waals surface area (Å²) in [6, 6.07) is 11.6. The summed E-state index contributed by atoms with van der Waals surface area (Å²) < 4.78 is 9.44. The molecule has 4 heterocycles. The van der Waals surface area contributed by atoms with E-state index in [-0.39, 0.29) is 17.5 Å². The van der Waals surface area contributed by atoms with Crippen molar-refractivity contribution in [1.29, 1.82) is 0 Å². The van der Waals surface area contributed by atoms with Crippen LogP contribution in [-0.2, 0) is 20.5 Å². The average Bonchev–Trinajstić information content (AvgIpc) is 3.28. The first kappa shape index (κ1) is 23.5. The first-order valence-electron chi connectivity index (χ1n) is 12.0. The van der Waals surface area contributed by atoms with Crippen molar-refractivity contribution in [2.24, 2.45) is 25.0 Å². The SMILES string of the molecule is CC(C)Nc1ncc(C2=Nc3ccc(Oc4ccnc(-c5ccn(C)n5)c4)cc3CC2C)c(=O)n1C. The molecule has 4 aromatic rings. The van der Waals surface area contributed by atoms with Crippen LogP contribution in [-0.4, -0.2) is 36.1 Å². The molecular formula is C27H29N7O2. The molecule has 184 valence electrons. The molecule has 1 N–H and O–H groups in total. The number of rotatable bonds is 6. The molecule has 0 spiro atoms. The van der Waals surface area contributed by atoms with Gasteiger partial charge in [-0.05, 0) is 56.2 Å². The van der Waals surface area contributed by atoms with Crippen LogP contribution in [0.3, 0.4) is 0 Å². The van der Waals surface area contributed by atoms with Crippen molar-refractivity contribution < 1.29 is 4.74 Å². The molecule has 1 atom stereocenters. The third kappa shape index (κ3) is 4.64. The predicted molar refractivity (Wildman–Crippen MR) is 140 cm³/mol. The quantitative estimate of drug-likeness (QED) is 0.433. The molecule has 9 heteroatoms. The molecule has 1 aromatic carbocycles. The number of hydrogen-bond donors (Lipinski definition) is 1. The van der Waals surface area contributed by atoms with Gasteiger partial charge in [-0.15, -0.1) is 0 Å². The number of anilines is 1. The van der Waals surface area contributed by atoms with Gasteiger partial charge in [0.1, 0.15) is 17.2 Å². The van der Waals surface area contributed by atoms with E-state index in [2.05, 4.69) is 27.3 Å². The number of benzene rings is 1. The van der Waals surface area contributed by atoms with Crippen molar-refractivity contribution in [2.75, 3.05) is 5.32 Å². The number of nitrogens with one attached hydrogen (secondary N) is 1. The summed E-state index contributed by atoms with van der Waals surface area (Å²) in [4.78, 5) is 26.8. The van der Waals surface area contributed by atoms with Gasteiger partial charge in [-0.2, -0.15) is 5.10 Å². The van der Waals surface area contributed by atoms with Crippen molar-refractivity contribution in [1.82, 2.24) is 24.3 Å². The lowest BCUT2D eigenvalue weighted by Crippen LogP contribution is -2.32. The minimum Gasteiger partial charge on any atom is -0.457 e. The van der Waals surface area contributed by atoms with Crippen molar-refractivity contribution in [2.45, 2.75) is 33.2 Å². The van der Waals surface area contributed by atoms with E-state index in [4.69, 9.17) is 9.73 Å². The number of pyridine rings is 1. The Hall–Kier alpha value is -4.27. The molecule has 0 saturated heterocycles. The van der Waals surface area contributed by atoms with Crippen LogP contribution >= 0.6 is 0 Å². The highest BCUT2D eigenvalue weighted by Crippen LogP contribution is 2.34. The molecule has 0 radical (unpaired) electrons. The first-order chi connectivity index (χ1) is 17.3. The molecule has 0 amide bonds. The maximum atomic E-state index is 13.1. The van der Waals surface area contributed by atoms with E-state index in [1.807, 2.05) is 63.5 Å². The highest BCUT2D eigenvalue weighted by molar-refractivity contribution is 6.04. The fourth-order valence-electron chi connectivity index (χ4n) is 4.30. The second kappa shape index (κ2) is 9.41. The van der Waals surface area contributed by atoms with Gasteiger partial charge >= 0.3 is 0 Å². The minimum atomic E-state index is -0.108. The molecule has 5 rings (SSSR count). The first-order valence-corrected chi connectivity index (χ1v) is 12.0. The average molecular weight is 484 g/mol. The van der Waals surface area contributed by atoms with E-state index >= 15 is 0 Å². The number of nitrogens with zero attached hydrogens (tertiary/aromatic N) is 6. The normalized spacial score (nSPS) is 14.9. The van der Waals surface area contributed by atoms with Crippen molar-refractivity contribution in [3.8, 4) is 22.9 Å². The molecule has 36 heavy (non-hydrogen) atoms. The molecule has 1 aliphatic heterocycles. The molecule has 0 bridgehead atoms. The van der Waals surface area contributed by atoms with Gasteiger partial charge < -0.3 is 10.1 Å². The third-order valence-electron chi connectivity index (χ3n) is 6.09. The largest absolute Gasteiger partial charge is 0.457 e. The van der Waals surface area contributed by atoms with Crippen LogP contribution < -0.4 is 15.6 Å². The van der Waals surface area contributed by atoms with Gasteiger partial charge in [0.05, 0.1) is 22.7 Å². The highest BCUT2D eigenvalue weighted by Gasteiger charge is 2.24. The fourth-order valence-corrected chi connectivity index (χ4v) is 4.30. The smallest absolute Gasteiger partial charge is 0.263 e. The lowest BCUT2D eigenvalue weighted by molar-refractivity contribution is 0.481. The lowest BCUT2D eigenvalue weighted by Gasteiger charge is -2.23. The van der Waals surface area contributed by atoms with Gasteiger partial charge in [0, 0.05) is 50.7 Å². The maximum absolute atomic E-state index is 13.1. The summed E-state index contributed by atoms with van der Waals surface area (Å²) in [5, 5.41) is 7.61. The van der Waals surface area contributed by atoms with Crippen LogP contribution in [0.5, 0.6) is 11.5 Å². The zero-order valence-corrected chi connectivity index (χ0v) is 21.1. The van der Waals surface area contributed by atoms with Gasteiger partial charge in [-0.25, -0.2) is 4.98 Å². The van der Waals surface area contributed by atoms with Crippen LogP contribution in [0, 0.1) is 5.92 Å². The van der Waals surface area contributed by atoms with E-state index in [9.17, 15) is 4.79 Å². The van der Waals surface area contributed by atoms with Gasteiger partial charge in [0.25, 0.3) is 5.56 Å². The van der Waals surface area contributed by atoms with E-state index in [1.54, 1.807) is 28.7 Å². The lowest BCUT2D eigenvalue weighted by atomic mass is 9.89. The Balaban J connectivity index is 1.41. The number of ether oxygens (including phenoxy) is 1. The van der Waals surface area contributed by atoms with Crippen molar-refractivity contribution in [3.05, 3.63) is 76.5 Å². The topological polar surface area (TPSA) is 99.2 Å². The van der Waals surface area contributed by atoms with E-state index in [0.29, 0.717) is 17.3 Å². The zero-order valence-electron chi connectivity index (χ0n) is 21.1. The number of fused-ring (bicyclic) bond motifs is 1. The molecule has 0 saturated carbocycles. The van der Waals surface area contributed by atoms with E-state index in [0.717, 1.165) is 40.5 Å². The standard InChI is InChI=1S/C27H29N7O2/c1-16(2)30-27-29-15-21(26(35)34(27)5)25-17(3)12-18-13-19(6-7-22(18)31-25)36-20-8-10-28-24(14-20)23-9-11-33(4)32-23/h6-11,13-17H,12H2,1-5H3,(H,29,30). The Labute approximate surface area is 209 Å². The van der Waals surface area contributed by atoms with Crippen molar-refractivity contribution >= 4 is 17.3 Å². The summed E-state index contributed by atoms with van der Waals surface area (Å²) in [7, 11) is 3.60. The molecular weight excluding hydrogens is 454 g/mol. The second-order valence-electron chi connectivity index (χ2n) is 9.40. The number of aryl methyl sites for hydroxylation is 1. The van der Waals surface area contributed by atoms with Crippen LogP contribution in [0.25, 0.3) is 11.4 Å². The number of aromatic nitrogens is 5. The Morgan fingerprint density at radius 1 is 1.06 bits per heavy atom. The summed E-state index contributed by atoms with van der Waals surface area (Å²) in [5.41, 5.74) is 4.63. The van der Waals surface area contributed by atoms with E-state index in [1.165, 1.54) is 0 Å². The highest BCUT2D eigenvalue weighted by atomic mass is 16.5. The number of hydrogen-bond acceptors (Lipinski definition) is 7. The minimum absolute atomic E-state index is 0.0582. The predicted octanol–water partition coefficient (Wildman–Crippen LogP) is 4.50. The van der Waals surface area contributed by atoms with Gasteiger partial charge in [0.2, 0.25) is 5.95 Å². The Morgan fingerprint density at radius 3 is 2.61 bits per heavy atom. The molecule has 1 aliphatic rings. The summed E-state index contributed by atoms with van der Waals surface area (Å²) in [6.07, 6.45) is 5.98. The summed E-state index contributed by atoms with van der Waals surface area (Å²) in [5.74, 6) is 2.01. The van der Waals surface area contributed by atoms with Crippen molar-refractivity contribution in [3.63, 3.8) is 0 Å². The van der Waals surface area contributed by atoms with E-state index < -0.39 is 0 Å². The van der Waals surface area contributed by atoms with Crippen LogP contribution in [0.2, 0.25) is 0 Å². The molecule has 9 nitrogen and oxygen atoms in total. The fraction of sp³-hybridized carbons (Fsp3) is 0.296. The Bertz CT molecular complexity index is 1520. The monoisotopic (exact) mass is 483 g/mol. The zero-order chi connectivity index (χ0) is 25.4. The van der Waals surface area contributed by atoms with Crippen LogP contribution in [0.4, 0.5) is 11.6 Å². The Morgan fingerprint density at radius 2 is 1.86 bits per heavy atom. The molecule has 3 aromatic heterocycles. The Kier molecular flexibility index (Phi) is 6.13. The molecule has 0 aliphatic carbocycles. The third-order valence-corrected chi connectivity index (χ3v) is 6.09. The van der Waals surface area contributed by atoms with Gasteiger partial charge in [-0.1, -0.05) is 6.92 Å². The second-order valence-corrected chi connectivity index (χ2v) is 9.40. The maximum Gasteiger partial charge on any atom is 0.263 e. The molecule has 0 fully saturated rings.